The van der Waals surface area contributed by atoms with Gasteiger partial charge < -0.3 is 20.3 Å². The normalized spacial score (nSPS) is 27.6. The van der Waals surface area contributed by atoms with E-state index in [1.807, 2.05) is 12.4 Å². The molecule has 3 atom stereocenters. The molecule has 2 amide bonds. The van der Waals surface area contributed by atoms with Gasteiger partial charge in [0.15, 0.2) is 11.5 Å². The van der Waals surface area contributed by atoms with Crippen molar-refractivity contribution < 1.29 is 13.9 Å². The van der Waals surface area contributed by atoms with E-state index >= 15 is 0 Å². The van der Waals surface area contributed by atoms with Crippen LogP contribution in [0.25, 0.3) is 16.9 Å². The van der Waals surface area contributed by atoms with Crippen molar-refractivity contribution in [1.82, 2.24) is 25.0 Å². The Kier molecular flexibility index (Phi) is 4.03. The molecule has 5 heterocycles. The van der Waals surface area contributed by atoms with Crippen LogP contribution in [0.1, 0.15) is 30.9 Å². The molecule has 1 saturated carbocycles. The zero-order valence-electron chi connectivity index (χ0n) is 18.1. The molecule has 0 radical (unpaired) electrons. The highest BCUT2D eigenvalue weighted by molar-refractivity contribution is 5.78. The van der Waals surface area contributed by atoms with Crippen LogP contribution in [-0.2, 0) is 4.74 Å². The number of aromatic nitrogens is 3. The number of benzene rings is 1. The molecule has 9 heteroatoms. The zero-order valence-corrected chi connectivity index (χ0v) is 18.1. The number of fused-ring (bicyclic) bond motifs is 2. The Morgan fingerprint density at radius 3 is 2.64 bits per heavy atom. The van der Waals surface area contributed by atoms with Gasteiger partial charge in [-0.05, 0) is 43.5 Å². The summed E-state index contributed by atoms with van der Waals surface area (Å²) in [6.07, 6.45) is 6.53. The lowest BCUT2D eigenvalue weighted by atomic mass is 9.78. The number of anilines is 1. The second-order valence-electron chi connectivity index (χ2n) is 9.99. The maximum Gasteiger partial charge on any atom is 0.315 e. The average Bonchev–Trinajstić information content (AvgIpc) is 3.31. The lowest BCUT2D eigenvalue weighted by Gasteiger charge is -2.55. The minimum atomic E-state index is -0.264. The highest BCUT2D eigenvalue weighted by Gasteiger charge is 2.50. The number of nitrogens with zero attached hydrogens (tertiary/aromatic N) is 4. The fourth-order valence-corrected chi connectivity index (χ4v) is 6.03. The quantitative estimate of drug-likeness (QED) is 0.644. The molecule has 4 aliphatic rings. The molecule has 3 unspecified atom stereocenters. The number of urea groups is 1. The van der Waals surface area contributed by atoms with Gasteiger partial charge >= 0.3 is 6.03 Å². The third kappa shape index (κ3) is 2.95. The minimum absolute atomic E-state index is 0.0827. The van der Waals surface area contributed by atoms with Crippen molar-refractivity contribution in [3.63, 3.8) is 0 Å². The Balaban J connectivity index is 1.33. The van der Waals surface area contributed by atoms with Crippen molar-refractivity contribution in [2.75, 3.05) is 31.2 Å². The summed E-state index contributed by atoms with van der Waals surface area (Å²) < 4.78 is 21.3. The van der Waals surface area contributed by atoms with Crippen LogP contribution in [0.5, 0.6) is 0 Å². The summed E-state index contributed by atoms with van der Waals surface area (Å²) in [6.45, 7) is 3.49. The molecule has 3 saturated heterocycles. The van der Waals surface area contributed by atoms with Gasteiger partial charge in [0.2, 0.25) is 0 Å². The molecule has 3 aromatic rings. The van der Waals surface area contributed by atoms with Crippen LogP contribution < -0.4 is 15.5 Å². The van der Waals surface area contributed by atoms with Crippen molar-refractivity contribution in [1.29, 1.82) is 0 Å². The topological polar surface area (TPSA) is 83.8 Å². The number of carbonyl (C=O) groups excluding carboxylic acids is 1. The summed E-state index contributed by atoms with van der Waals surface area (Å²) in [4.78, 5) is 23.9. The first-order valence-electron chi connectivity index (χ1n) is 11.6. The van der Waals surface area contributed by atoms with E-state index < -0.39 is 0 Å². The van der Waals surface area contributed by atoms with Gasteiger partial charge in [0.25, 0.3) is 0 Å². The number of ether oxygens (including phenoxy) is 1. The molecule has 2 aromatic heterocycles. The smallest absolute Gasteiger partial charge is 0.315 e. The molecule has 1 aliphatic carbocycles. The van der Waals surface area contributed by atoms with E-state index in [0.29, 0.717) is 0 Å². The summed E-state index contributed by atoms with van der Waals surface area (Å²) in [6, 6.07) is 6.76. The number of rotatable bonds is 3. The van der Waals surface area contributed by atoms with Crippen molar-refractivity contribution in [3.8, 4) is 11.3 Å². The van der Waals surface area contributed by atoms with E-state index in [0.717, 1.165) is 74.0 Å². The molecule has 7 rings (SSSR count). The molecule has 8 nitrogen and oxygen atoms in total. The maximum atomic E-state index is 13.7. The van der Waals surface area contributed by atoms with Crippen LogP contribution >= 0.6 is 0 Å². The third-order valence-corrected chi connectivity index (χ3v) is 7.72. The SMILES string of the molecule is O=C1NC2CCC(c3c(-c4ccc(F)cc4)nc4c(N5CC6(COC6)C5)nccn34)CC2N1. The van der Waals surface area contributed by atoms with Crippen molar-refractivity contribution in [2.45, 2.75) is 37.3 Å². The molecule has 1 aromatic carbocycles. The maximum absolute atomic E-state index is 13.7. The first kappa shape index (κ1) is 19.3. The molecule has 0 bridgehead atoms. The highest BCUT2D eigenvalue weighted by atomic mass is 19.1. The summed E-state index contributed by atoms with van der Waals surface area (Å²) in [5, 5.41) is 6.10. The Labute approximate surface area is 190 Å². The van der Waals surface area contributed by atoms with Crippen molar-refractivity contribution in [3.05, 3.63) is 48.2 Å². The van der Waals surface area contributed by atoms with Crippen LogP contribution in [0.2, 0.25) is 0 Å². The number of hydrogen-bond acceptors (Lipinski definition) is 5. The van der Waals surface area contributed by atoms with Gasteiger partial charge in [0.05, 0.1) is 42.1 Å². The zero-order chi connectivity index (χ0) is 22.2. The van der Waals surface area contributed by atoms with Crippen LogP contribution in [-0.4, -0.2) is 58.8 Å². The van der Waals surface area contributed by atoms with Gasteiger partial charge in [0.1, 0.15) is 5.82 Å². The van der Waals surface area contributed by atoms with E-state index in [9.17, 15) is 9.18 Å². The van der Waals surface area contributed by atoms with E-state index in [-0.39, 0.29) is 35.3 Å². The van der Waals surface area contributed by atoms with Crippen molar-refractivity contribution >= 4 is 17.5 Å². The van der Waals surface area contributed by atoms with Gasteiger partial charge in [-0.1, -0.05) is 0 Å². The Morgan fingerprint density at radius 2 is 1.88 bits per heavy atom. The predicted octanol–water partition coefficient (Wildman–Crippen LogP) is 2.69. The lowest BCUT2D eigenvalue weighted by molar-refractivity contribution is -0.127. The molecular formula is C24H25FN6O2. The molecule has 2 N–H and O–H groups in total. The number of hydrogen-bond donors (Lipinski definition) is 2. The second kappa shape index (κ2) is 6.90. The van der Waals surface area contributed by atoms with Gasteiger partial charge in [-0.25, -0.2) is 19.2 Å². The average molecular weight is 449 g/mol. The Morgan fingerprint density at radius 1 is 1.09 bits per heavy atom. The molecule has 1 spiro atoms. The van der Waals surface area contributed by atoms with Gasteiger partial charge in [0, 0.05) is 37.0 Å². The summed E-state index contributed by atoms with van der Waals surface area (Å²) in [7, 11) is 0. The summed E-state index contributed by atoms with van der Waals surface area (Å²) in [5.74, 6) is 0.842. The number of amides is 2. The van der Waals surface area contributed by atoms with Gasteiger partial charge in [-0.15, -0.1) is 0 Å². The van der Waals surface area contributed by atoms with E-state index in [1.54, 1.807) is 12.1 Å². The number of carbonyl (C=O) groups is 1. The fourth-order valence-electron chi connectivity index (χ4n) is 6.03. The minimum Gasteiger partial charge on any atom is -0.380 e. The van der Waals surface area contributed by atoms with Gasteiger partial charge in [-0.2, -0.15) is 0 Å². The highest BCUT2D eigenvalue weighted by Crippen LogP contribution is 2.43. The first-order chi connectivity index (χ1) is 16.1. The summed E-state index contributed by atoms with van der Waals surface area (Å²) >= 11 is 0. The van der Waals surface area contributed by atoms with E-state index in [1.165, 1.54) is 12.1 Å². The molecule has 170 valence electrons. The predicted molar refractivity (Wildman–Crippen MR) is 120 cm³/mol. The van der Waals surface area contributed by atoms with Crippen LogP contribution in [0.3, 0.4) is 0 Å². The Hall–Kier alpha value is -3.20. The number of nitrogens with one attached hydrogen (secondary N) is 2. The number of imidazole rings is 1. The van der Waals surface area contributed by atoms with E-state index in [2.05, 4.69) is 19.9 Å². The van der Waals surface area contributed by atoms with Crippen LogP contribution in [0, 0.1) is 11.2 Å². The van der Waals surface area contributed by atoms with Crippen molar-refractivity contribution in [2.24, 2.45) is 5.41 Å². The largest absolute Gasteiger partial charge is 0.380 e. The van der Waals surface area contributed by atoms with E-state index in [4.69, 9.17) is 14.7 Å². The summed E-state index contributed by atoms with van der Waals surface area (Å²) in [5.41, 5.74) is 3.98. The molecular weight excluding hydrogens is 423 g/mol. The van der Waals surface area contributed by atoms with Crippen LogP contribution in [0.4, 0.5) is 15.0 Å². The fraction of sp³-hybridized carbons (Fsp3) is 0.458. The molecule has 4 fully saturated rings. The standard InChI is InChI=1S/C24H25FN6O2/c25-16-4-1-14(2-5-16)19-20(15-3-6-17-18(9-15)28-23(32)27-17)31-8-7-26-21(22(31)29-19)30-10-24(11-30)12-33-13-24/h1-2,4-5,7-8,15,17-18H,3,6,9-13H2,(H2,27,28,32). The van der Waals surface area contributed by atoms with Crippen LogP contribution in [0.15, 0.2) is 36.7 Å². The van der Waals surface area contributed by atoms with Gasteiger partial charge in [-0.3, -0.25) is 4.40 Å². The second-order valence-corrected chi connectivity index (χ2v) is 9.99. The molecule has 33 heavy (non-hydrogen) atoms. The lowest BCUT2D eigenvalue weighted by Crippen LogP contribution is -2.66. The first-order valence-corrected chi connectivity index (χ1v) is 11.6. The Bertz CT molecular complexity index is 1250. The number of halogens is 1. The third-order valence-electron chi connectivity index (χ3n) is 7.72. The molecule has 3 aliphatic heterocycles. The monoisotopic (exact) mass is 448 g/mol.